The summed E-state index contributed by atoms with van der Waals surface area (Å²) in [7, 11) is 3.13. The van der Waals surface area contributed by atoms with Gasteiger partial charge in [0.15, 0.2) is 11.5 Å². The average Bonchev–Trinajstić information content (AvgIpc) is 2.37. The predicted molar refractivity (Wildman–Crippen MR) is 70.3 cm³/mol. The average molecular weight is 287 g/mol. The van der Waals surface area contributed by atoms with Crippen LogP contribution in [0.25, 0.3) is 0 Å². The molecule has 2 rings (SSSR count). The number of hydrogen-bond donors (Lipinski definition) is 1. The first-order chi connectivity index (χ1) is 9.62. The Kier molecular flexibility index (Phi) is 5.14. The van der Waals surface area contributed by atoms with E-state index in [-0.39, 0.29) is 5.75 Å². The van der Waals surface area contributed by atoms with E-state index >= 15 is 0 Å². The Labute approximate surface area is 117 Å². The van der Waals surface area contributed by atoms with E-state index in [1.54, 1.807) is 19.2 Å². The zero-order chi connectivity index (χ0) is 14.5. The highest BCUT2D eigenvalue weighted by Crippen LogP contribution is 2.30. The molecule has 0 radical (unpaired) electrons. The third-order valence-electron chi connectivity index (χ3n) is 3.47. The van der Waals surface area contributed by atoms with Gasteiger partial charge < -0.3 is 19.5 Å². The van der Waals surface area contributed by atoms with E-state index in [1.807, 2.05) is 6.07 Å². The Morgan fingerprint density at radius 1 is 1.25 bits per heavy atom. The molecule has 1 aromatic carbocycles. The first-order valence-corrected chi connectivity index (χ1v) is 6.50. The van der Waals surface area contributed by atoms with Crippen LogP contribution in [-0.2, 0) is 11.3 Å². The van der Waals surface area contributed by atoms with Gasteiger partial charge in [-0.25, -0.2) is 0 Å². The van der Waals surface area contributed by atoms with Crippen LogP contribution in [0.2, 0.25) is 0 Å². The molecule has 6 heteroatoms. The third kappa shape index (κ3) is 3.80. The highest BCUT2D eigenvalue weighted by molar-refractivity contribution is 5.43. The van der Waals surface area contributed by atoms with E-state index in [2.05, 4.69) is 10.1 Å². The molecule has 0 aliphatic heterocycles. The van der Waals surface area contributed by atoms with E-state index in [4.69, 9.17) is 9.47 Å². The Morgan fingerprint density at radius 3 is 2.60 bits per heavy atom. The molecule has 4 nitrogen and oxygen atoms in total. The van der Waals surface area contributed by atoms with Gasteiger partial charge in [0, 0.05) is 19.7 Å². The van der Waals surface area contributed by atoms with Gasteiger partial charge in [-0.1, -0.05) is 6.07 Å². The molecule has 1 aliphatic rings. The van der Waals surface area contributed by atoms with Gasteiger partial charge in [0.1, 0.15) is 0 Å². The maximum absolute atomic E-state index is 12.3. The molecule has 1 N–H and O–H groups in total. The van der Waals surface area contributed by atoms with Crippen LogP contribution >= 0.6 is 0 Å². The summed E-state index contributed by atoms with van der Waals surface area (Å²) in [4.78, 5) is 0. The lowest BCUT2D eigenvalue weighted by Gasteiger charge is -2.34. The van der Waals surface area contributed by atoms with Crippen LogP contribution in [0, 0.1) is 0 Å². The van der Waals surface area contributed by atoms with Gasteiger partial charge in [-0.3, -0.25) is 0 Å². The molecular formula is C14H19F2NO3. The lowest BCUT2D eigenvalue weighted by molar-refractivity contribution is -0.0512. The van der Waals surface area contributed by atoms with Gasteiger partial charge in [0.05, 0.1) is 13.2 Å². The van der Waals surface area contributed by atoms with Crippen molar-refractivity contribution in [3.8, 4) is 11.5 Å². The second kappa shape index (κ2) is 6.85. The standard InChI is InChI=1S/C14H19F2NO3/c1-18-11-6-10(7-11)17-8-9-3-4-12(19-2)13(5-9)20-14(15)16/h3-5,10-11,14,17H,6-8H2,1-2H3. The summed E-state index contributed by atoms with van der Waals surface area (Å²) in [6.45, 7) is -2.26. The summed E-state index contributed by atoms with van der Waals surface area (Å²) < 4.78 is 39.3. The summed E-state index contributed by atoms with van der Waals surface area (Å²) in [5.41, 5.74) is 0.877. The fourth-order valence-corrected chi connectivity index (χ4v) is 2.21. The van der Waals surface area contributed by atoms with Crippen molar-refractivity contribution in [1.82, 2.24) is 5.32 Å². The highest BCUT2D eigenvalue weighted by Gasteiger charge is 2.28. The van der Waals surface area contributed by atoms with Crippen molar-refractivity contribution in [3.05, 3.63) is 23.8 Å². The van der Waals surface area contributed by atoms with Crippen molar-refractivity contribution >= 4 is 0 Å². The van der Waals surface area contributed by atoms with Crippen molar-refractivity contribution in [3.63, 3.8) is 0 Å². The number of rotatable bonds is 7. The topological polar surface area (TPSA) is 39.7 Å². The van der Waals surface area contributed by atoms with Crippen LogP contribution in [0.4, 0.5) is 8.78 Å². The van der Waals surface area contributed by atoms with Crippen molar-refractivity contribution in [2.45, 2.75) is 38.1 Å². The molecule has 0 spiro atoms. The minimum Gasteiger partial charge on any atom is -0.493 e. The van der Waals surface area contributed by atoms with Crippen molar-refractivity contribution in [2.75, 3.05) is 14.2 Å². The molecule has 0 unspecified atom stereocenters. The van der Waals surface area contributed by atoms with Crippen molar-refractivity contribution in [1.29, 1.82) is 0 Å². The van der Waals surface area contributed by atoms with Gasteiger partial charge in [0.25, 0.3) is 0 Å². The highest BCUT2D eigenvalue weighted by atomic mass is 19.3. The summed E-state index contributed by atoms with van der Waals surface area (Å²) >= 11 is 0. The Balaban J connectivity index is 1.91. The van der Waals surface area contributed by atoms with E-state index < -0.39 is 6.61 Å². The molecular weight excluding hydrogens is 268 g/mol. The van der Waals surface area contributed by atoms with E-state index in [0.717, 1.165) is 18.4 Å². The lowest BCUT2D eigenvalue weighted by Crippen LogP contribution is -2.44. The lowest BCUT2D eigenvalue weighted by atomic mass is 9.89. The smallest absolute Gasteiger partial charge is 0.387 e. The molecule has 1 aromatic rings. The second-order valence-corrected chi connectivity index (χ2v) is 4.77. The molecule has 1 saturated carbocycles. The Hall–Kier alpha value is -1.40. The minimum atomic E-state index is -2.86. The summed E-state index contributed by atoms with van der Waals surface area (Å²) in [6, 6.07) is 5.45. The maximum Gasteiger partial charge on any atom is 0.387 e. The van der Waals surface area contributed by atoms with E-state index in [9.17, 15) is 8.78 Å². The fourth-order valence-electron chi connectivity index (χ4n) is 2.21. The second-order valence-electron chi connectivity index (χ2n) is 4.77. The van der Waals surface area contributed by atoms with Crippen molar-refractivity contribution < 1.29 is 23.0 Å². The normalized spacial score (nSPS) is 21.6. The number of nitrogens with one attached hydrogen (secondary N) is 1. The quantitative estimate of drug-likeness (QED) is 0.836. The third-order valence-corrected chi connectivity index (χ3v) is 3.47. The van der Waals surface area contributed by atoms with Crippen molar-refractivity contribution in [2.24, 2.45) is 0 Å². The molecule has 20 heavy (non-hydrogen) atoms. The van der Waals surface area contributed by atoms with E-state index in [1.165, 1.54) is 7.11 Å². The number of ether oxygens (including phenoxy) is 3. The van der Waals surface area contributed by atoms with Crippen LogP contribution in [0.5, 0.6) is 11.5 Å². The van der Waals surface area contributed by atoms with E-state index in [0.29, 0.717) is 24.4 Å². The Morgan fingerprint density at radius 2 is 2.00 bits per heavy atom. The number of alkyl halides is 2. The van der Waals surface area contributed by atoms with Gasteiger partial charge in [0.2, 0.25) is 0 Å². The first kappa shape index (κ1) is 15.0. The first-order valence-electron chi connectivity index (χ1n) is 6.50. The molecule has 0 amide bonds. The van der Waals surface area contributed by atoms with Crippen LogP contribution in [0.1, 0.15) is 18.4 Å². The molecule has 0 heterocycles. The van der Waals surface area contributed by atoms with Crippen LogP contribution < -0.4 is 14.8 Å². The fraction of sp³-hybridized carbons (Fsp3) is 0.571. The van der Waals surface area contributed by atoms with Gasteiger partial charge in [-0.2, -0.15) is 8.78 Å². The minimum absolute atomic E-state index is 0.0603. The molecule has 0 aromatic heterocycles. The van der Waals surface area contributed by atoms with Crippen LogP contribution in [0.15, 0.2) is 18.2 Å². The molecule has 0 saturated heterocycles. The molecule has 1 aliphatic carbocycles. The van der Waals surface area contributed by atoms with Gasteiger partial charge in [-0.15, -0.1) is 0 Å². The predicted octanol–water partition coefficient (Wildman–Crippen LogP) is 2.56. The largest absolute Gasteiger partial charge is 0.493 e. The SMILES string of the molecule is COc1ccc(CNC2CC(OC)C2)cc1OC(F)F. The molecule has 0 bridgehead atoms. The Bertz CT molecular complexity index is 436. The zero-order valence-electron chi connectivity index (χ0n) is 11.6. The maximum atomic E-state index is 12.3. The number of halogens is 2. The summed E-state index contributed by atoms with van der Waals surface area (Å²) in [6.07, 6.45) is 2.29. The molecule has 0 atom stereocenters. The monoisotopic (exact) mass is 287 g/mol. The number of benzene rings is 1. The summed E-state index contributed by atoms with van der Waals surface area (Å²) in [5.74, 6) is 0.363. The van der Waals surface area contributed by atoms with Crippen LogP contribution in [0.3, 0.4) is 0 Å². The molecule has 1 fully saturated rings. The number of methoxy groups -OCH3 is 2. The van der Waals surface area contributed by atoms with Gasteiger partial charge >= 0.3 is 6.61 Å². The van der Waals surface area contributed by atoms with Gasteiger partial charge in [-0.05, 0) is 30.5 Å². The zero-order valence-corrected chi connectivity index (χ0v) is 11.6. The molecule has 112 valence electrons. The number of hydrogen-bond acceptors (Lipinski definition) is 4. The van der Waals surface area contributed by atoms with Crippen LogP contribution in [-0.4, -0.2) is 33.0 Å². The summed E-state index contributed by atoms with van der Waals surface area (Å²) in [5, 5.41) is 3.35.